The van der Waals surface area contributed by atoms with E-state index in [4.69, 9.17) is 4.18 Å². The van der Waals surface area contributed by atoms with Gasteiger partial charge in [-0.3, -0.25) is 0 Å². The number of hydrogen-bond acceptors (Lipinski definition) is 1. The van der Waals surface area contributed by atoms with E-state index in [-0.39, 0.29) is 11.2 Å². The van der Waals surface area contributed by atoms with E-state index < -0.39 is 0 Å². The molecule has 1 fully saturated rings. The lowest BCUT2D eigenvalue weighted by Crippen LogP contribution is -2.27. The third kappa shape index (κ3) is 3.04. The largest absolute Gasteiger partial charge is 0.171 e. The molecular formula is C9H19OS+. The normalized spacial score (nSPS) is 32.7. The van der Waals surface area contributed by atoms with Gasteiger partial charge in [0, 0.05) is 0 Å². The van der Waals surface area contributed by atoms with Crippen LogP contribution < -0.4 is 0 Å². The summed E-state index contributed by atoms with van der Waals surface area (Å²) >= 11 is 0.166. The average molecular weight is 175 g/mol. The molecule has 66 valence electrons. The lowest BCUT2D eigenvalue weighted by atomic mass is 9.88. The predicted molar refractivity (Wildman–Crippen MR) is 51.7 cm³/mol. The highest BCUT2D eigenvalue weighted by molar-refractivity contribution is 7.90. The maximum atomic E-state index is 5.83. The second kappa shape index (κ2) is 4.36. The van der Waals surface area contributed by atoms with Crippen LogP contribution in [0.4, 0.5) is 0 Å². The summed E-state index contributed by atoms with van der Waals surface area (Å²) in [6.07, 6.45) is 10.3. The molecule has 0 unspecified atom stereocenters. The van der Waals surface area contributed by atoms with Gasteiger partial charge < -0.3 is 0 Å². The van der Waals surface area contributed by atoms with E-state index in [0.717, 1.165) is 5.92 Å². The summed E-state index contributed by atoms with van der Waals surface area (Å²) in [5.41, 5.74) is 0. The van der Waals surface area contributed by atoms with Crippen molar-refractivity contribution in [3.05, 3.63) is 0 Å². The number of rotatable bonds is 2. The monoisotopic (exact) mass is 175 g/mol. The fourth-order valence-electron chi connectivity index (χ4n) is 1.67. The zero-order valence-corrected chi connectivity index (χ0v) is 8.62. The summed E-state index contributed by atoms with van der Waals surface area (Å²) in [5, 5.41) is 0. The van der Waals surface area contributed by atoms with Crippen molar-refractivity contribution >= 4 is 11.2 Å². The fourth-order valence-corrected chi connectivity index (χ4v) is 2.45. The summed E-state index contributed by atoms with van der Waals surface area (Å²) < 4.78 is 5.83. The van der Waals surface area contributed by atoms with Crippen molar-refractivity contribution in [2.45, 2.75) is 38.7 Å². The molecule has 0 spiro atoms. The van der Waals surface area contributed by atoms with E-state index in [9.17, 15) is 0 Å². The van der Waals surface area contributed by atoms with Crippen LogP contribution in [0.3, 0.4) is 0 Å². The van der Waals surface area contributed by atoms with Crippen molar-refractivity contribution in [3.8, 4) is 0 Å². The van der Waals surface area contributed by atoms with Crippen LogP contribution >= 0.6 is 0 Å². The zero-order valence-electron chi connectivity index (χ0n) is 7.80. The maximum absolute atomic E-state index is 5.83. The molecule has 0 saturated heterocycles. The molecule has 0 amide bonds. The molecule has 0 radical (unpaired) electrons. The van der Waals surface area contributed by atoms with E-state index in [2.05, 4.69) is 19.4 Å². The molecule has 1 rings (SSSR count). The van der Waals surface area contributed by atoms with Crippen LogP contribution in [0, 0.1) is 5.92 Å². The Morgan fingerprint density at radius 1 is 1.18 bits per heavy atom. The molecule has 1 nitrogen and oxygen atoms in total. The van der Waals surface area contributed by atoms with E-state index in [1.54, 1.807) is 0 Å². The van der Waals surface area contributed by atoms with Gasteiger partial charge in [-0.2, -0.15) is 4.18 Å². The molecule has 0 bridgehead atoms. The van der Waals surface area contributed by atoms with Crippen LogP contribution in [0.1, 0.15) is 32.6 Å². The summed E-state index contributed by atoms with van der Waals surface area (Å²) in [7, 11) is 0. The molecule has 2 atom stereocenters. The summed E-state index contributed by atoms with van der Waals surface area (Å²) in [6, 6.07) is 0. The Morgan fingerprint density at radius 2 is 1.82 bits per heavy atom. The van der Waals surface area contributed by atoms with Crippen molar-refractivity contribution in [3.63, 3.8) is 0 Å². The lowest BCUT2D eigenvalue weighted by molar-refractivity contribution is 0.122. The first-order chi connectivity index (χ1) is 5.20. The van der Waals surface area contributed by atoms with Gasteiger partial charge in [0.15, 0.2) is 0 Å². The Balaban J connectivity index is 2.29. The van der Waals surface area contributed by atoms with Crippen LogP contribution in [-0.2, 0) is 15.4 Å². The van der Waals surface area contributed by atoms with Crippen LogP contribution in [0.5, 0.6) is 0 Å². The summed E-state index contributed by atoms with van der Waals surface area (Å²) in [4.78, 5) is 0. The van der Waals surface area contributed by atoms with Gasteiger partial charge in [0.05, 0.1) is 0 Å². The van der Waals surface area contributed by atoms with Crippen molar-refractivity contribution < 1.29 is 4.18 Å². The first-order valence-corrected chi connectivity index (χ1v) is 6.41. The SMILES string of the molecule is C[C@H]1CCCC[C@H]1O[S+](C)C. The minimum Gasteiger partial charge on any atom is -0.171 e. The minimum atomic E-state index is 0.166. The van der Waals surface area contributed by atoms with Crippen molar-refractivity contribution in [2.75, 3.05) is 12.5 Å². The molecule has 2 heteroatoms. The van der Waals surface area contributed by atoms with E-state index in [1.807, 2.05) is 0 Å². The van der Waals surface area contributed by atoms with Crippen molar-refractivity contribution in [2.24, 2.45) is 5.92 Å². The second-order valence-corrected chi connectivity index (χ2v) is 5.31. The van der Waals surface area contributed by atoms with Crippen molar-refractivity contribution in [1.82, 2.24) is 0 Å². The Labute approximate surface area is 73.1 Å². The molecule has 1 aliphatic carbocycles. The van der Waals surface area contributed by atoms with Gasteiger partial charge in [0.2, 0.25) is 0 Å². The standard InChI is InChI=1S/C9H19OS/c1-8-6-4-5-7-9(8)10-11(2)3/h8-9H,4-7H2,1-3H3/q+1/t8-,9+/m0/s1. The highest BCUT2D eigenvalue weighted by atomic mass is 32.2. The van der Waals surface area contributed by atoms with Crippen LogP contribution in [0.25, 0.3) is 0 Å². The predicted octanol–water partition coefficient (Wildman–Crippen LogP) is 2.37. The fraction of sp³-hybridized carbons (Fsp3) is 1.00. The highest BCUT2D eigenvalue weighted by Crippen LogP contribution is 2.27. The molecule has 0 aromatic carbocycles. The molecule has 1 saturated carbocycles. The molecule has 1 aliphatic rings. The van der Waals surface area contributed by atoms with Gasteiger partial charge in [-0.1, -0.05) is 19.8 Å². The van der Waals surface area contributed by atoms with E-state index in [1.165, 1.54) is 25.7 Å². The Kier molecular flexibility index (Phi) is 3.73. The average Bonchev–Trinajstić information content (AvgIpc) is 1.93. The Bertz CT molecular complexity index is 114. The van der Waals surface area contributed by atoms with Gasteiger partial charge in [-0.25, -0.2) is 0 Å². The quantitative estimate of drug-likeness (QED) is 0.585. The summed E-state index contributed by atoms with van der Waals surface area (Å²) in [6.45, 7) is 2.32. The first kappa shape index (κ1) is 9.40. The topological polar surface area (TPSA) is 9.23 Å². The van der Waals surface area contributed by atoms with Crippen molar-refractivity contribution in [1.29, 1.82) is 0 Å². The molecule has 0 aromatic rings. The third-order valence-electron chi connectivity index (χ3n) is 2.35. The first-order valence-electron chi connectivity index (χ1n) is 4.45. The summed E-state index contributed by atoms with van der Waals surface area (Å²) in [5.74, 6) is 0.790. The second-order valence-electron chi connectivity index (χ2n) is 3.64. The molecule has 0 aromatic heterocycles. The van der Waals surface area contributed by atoms with E-state index in [0.29, 0.717) is 6.10 Å². The Morgan fingerprint density at radius 3 is 2.36 bits per heavy atom. The molecule has 0 N–H and O–H groups in total. The zero-order chi connectivity index (χ0) is 8.27. The lowest BCUT2D eigenvalue weighted by Gasteiger charge is -2.25. The van der Waals surface area contributed by atoms with Crippen LogP contribution in [0.15, 0.2) is 0 Å². The van der Waals surface area contributed by atoms with E-state index >= 15 is 0 Å². The smallest absolute Gasteiger partial charge is 0.141 e. The maximum Gasteiger partial charge on any atom is 0.141 e. The Hall–Kier alpha value is 0.310. The third-order valence-corrected chi connectivity index (χ3v) is 2.98. The van der Waals surface area contributed by atoms with Crippen LogP contribution in [0.2, 0.25) is 0 Å². The van der Waals surface area contributed by atoms with Gasteiger partial charge in [0.25, 0.3) is 0 Å². The van der Waals surface area contributed by atoms with Gasteiger partial charge in [-0.15, -0.1) is 0 Å². The molecule has 11 heavy (non-hydrogen) atoms. The van der Waals surface area contributed by atoms with Crippen LogP contribution in [-0.4, -0.2) is 18.6 Å². The minimum absolute atomic E-state index is 0.166. The number of hydrogen-bond donors (Lipinski definition) is 0. The molecule has 0 heterocycles. The van der Waals surface area contributed by atoms with Gasteiger partial charge in [-0.05, 0) is 18.8 Å². The van der Waals surface area contributed by atoms with Gasteiger partial charge >= 0.3 is 0 Å². The molecular weight excluding hydrogens is 156 g/mol. The highest BCUT2D eigenvalue weighted by Gasteiger charge is 2.26. The van der Waals surface area contributed by atoms with Gasteiger partial charge in [0.1, 0.15) is 29.8 Å². The molecule has 0 aliphatic heterocycles.